The molecule has 1 atom stereocenters. The Balaban J connectivity index is 2.17. The molecule has 3 rings (SSSR count). The lowest BCUT2D eigenvalue weighted by Gasteiger charge is -2.07. The van der Waals surface area contributed by atoms with E-state index in [0.29, 0.717) is 29.6 Å². The molecular weight excluding hydrogens is 290 g/mol. The maximum Gasteiger partial charge on any atom is 0.246 e. The van der Waals surface area contributed by atoms with Gasteiger partial charge in [0.15, 0.2) is 5.82 Å². The van der Waals surface area contributed by atoms with Crippen LogP contribution in [0.1, 0.15) is 35.4 Å². The normalized spacial score (nSPS) is 12.5. The van der Waals surface area contributed by atoms with Gasteiger partial charge in [0.05, 0.1) is 28.0 Å². The third-order valence-electron chi connectivity index (χ3n) is 3.13. The van der Waals surface area contributed by atoms with Gasteiger partial charge >= 0.3 is 0 Å². The van der Waals surface area contributed by atoms with E-state index in [-0.39, 0.29) is 5.38 Å². The number of nitriles is 1. The van der Waals surface area contributed by atoms with E-state index in [1.54, 1.807) is 19.1 Å². The minimum atomic E-state index is -0.271. The topological polar surface area (TPSA) is 80.5 Å². The van der Waals surface area contributed by atoms with Gasteiger partial charge in [0.25, 0.3) is 0 Å². The molecule has 0 spiro atoms. The van der Waals surface area contributed by atoms with Crippen LogP contribution in [0.4, 0.5) is 0 Å². The molecule has 0 bridgehead atoms. The van der Waals surface area contributed by atoms with E-state index in [1.807, 2.05) is 17.6 Å². The minimum absolute atomic E-state index is 0.271. The molecule has 2 aromatic heterocycles. The molecule has 106 valence electrons. The largest absolute Gasteiger partial charge is 0.337 e. The van der Waals surface area contributed by atoms with Crippen molar-refractivity contribution in [1.29, 1.82) is 5.26 Å². The van der Waals surface area contributed by atoms with Crippen LogP contribution in [0.25, 0.3) is 11.0 Å². The van der Waals surface area contributed by atoms with E-state index in [0.717, 1.165) is 11.0 Å². The summed E-state index contributed by atoms with van der Waals surface area (Å²) in [7, 11) is 0. The average molecular weight is 302 g/mol. The molecule has 1 aromatic carbocycles. The first kappa shape index (κ1) is 13.6. The molecule has 0 saturated heterocycles. The van der Waals surface area contributed by atoms with E-state index in [9.17, 15) is 0 Å². The molecule has 2 heterocycles. The van der Waals surface area contributed by atoms with Crippen LogP contribution < -0.4 is 0 Å². The number of hydrogen-bond donors (Lipinski definition) is 0. The first-order chi connectivity index (χ1) is 10.1. The van der Waals surface area contributed by atoms with Crippen molar-refractivity contribution >= 4 is 22.6 Å². The highest BCUT2D eigenvalue weighted by molar-refractivity contribution is 6.20. The monoisotopic (exact) mass is 301 g/mol. The lowest BCUT2D eigenvalue weighted by Crippen LogP contribution is -2.06. The second-order valence-corrected chi connectivity index (χ2v) is 5.38. The fraction of sp³-hybridized carbons (Fsp3) is 0.286. The van der Waals surface area contributed by atoms with Crippen molar-refractivity contribution in [3.05, 3.63) is 41.3 Å². The van der Waals surface area contributed by atoms with Gasteiger partial charge in [-0.3, -0.25) is 0 Å². The molecule has 21 heavy (non-hydrogen) atoms. The first-order valence-electron chi connectivity index (χ1n) is 6.42. The highest BCUT2D eigenvalue weighted by Gasteiger charge is 2.17. The van der Waals surface area contributed by atoms with Crippen molar-refractivity contribution in [2.75, 3.05) is 0 Å². The first-order valence-corrected chi connectivity index (χ1v) is 6.85. The summed E-state index contributed by atoms with van der Waals surface area (Å²) in [5, 5.41) is 12.6. The lowest BCUT2D eigenvalue weighted by molar-refractivity contribution is 0.367. The summed E-state index contributed by atoms with van der Waals surface area (Å²) >= 11 is 6.21. The van der Waals surface area contributed by atoms with Crippen LogP contribution in [-0.2, 0) is 6.54 Å². The van der Waals surface area contributed by atoms with Crippen LogP contribution in [0.2, 0.25) is 0 Å². The van der Waals surface area contributed by atoms with Gasteiger partial charge in [0, 0.05) is 0 Å². The quantitative estimate of drug-likeness (QED) is 0.695. The van der Waals surface area contributed by atoms with Gasteiger partial charge < -0.3 is 9.09 Å². The second kappa shape index (κ2) is 5.19. The van der Waals surface area contributed by atoms with Crippen LogP contribution in [0, 0.1) is 18.3 Å². The van der Waals surface area contributed by atoms with Crippen LogP contribution in [0.5, 0.6) is 0 Å². The number of fused-ring (bicyclic) bond motifs is 1. The predicted molar refractivity (Wildman–Crippen MR) is 76.9 cm³/mol. The van der Waals surface area contributed by atoms with Gasteiger partial charge in [0.1, 0.15) is 12.4 Å². The van der Waals surface area contributed by atoms with Crippen LogP contribution in [-0.4, -0.2) is 19.7 Å². The van der Waals surface area contributed by atoms with Gasteiger partial charge in [-0.05, 0) is 32.0 Å². The Morgan fingerprint density at radius 1 is 1.43 bits per heavy atom. The Labute approximate surface area is 126 Å². The zero-order chi connectivity index (χ0) is 15.0. The van der Waals surface area contributed by atoms with Gasteiger partial charge in [-0.25, -0.2) is 4.98 Å². The standard InChI is InChI=1S/C14H12ClN5O/c1-8(15)14-18-11-4-3-10(6-16)5-12(11)20(14)7-13-17-9(2)19-21-13/h3-5,8H,7H2,1-2H3. The Hall–Kier alpha value is -2.39. The highest BCUT2D eigenvalue weighted by Crippen LogP contribution is 2.26. The Morgan fingerprint density at radius 3 is 2.86 bits per heavy atom. The van der Waals surface area contributed by atoms with Crippen molar-refractivity contribution in [1.82, 2.24) is 19.7 Å². The smallest absolute Gasteiger partial charge is 0.246 e. The van der Waals surface area contributed by atoms with Crippen LogP contribution in [0.15, 0.2) is 22.7 Å². The summed E-state index contributed by atoms with van der Waals surface area (Å²) in [5.74, 6) is 1.76. The fourth-order valence-electron chi connectivity index (χ4n) is 2.22. The van der Waals surface area contributed by atoms with E-state index in [2.05, 4.69) is 21.2 Å². The number of benzene rings is 1. The SMILES string of the molecule is Cc1noc(Cn2c(C(C)Cl)nc3ccc(C#N)cc32)n1. The van der Waals surface area contributed by atoms with Gasteiger partial charge in [-0.2, -0.15) is 10.2 Å². The number of alkyl halides is 1. The molecule has 3 aromatic rings. The summed E-state index contributed by atoms with van der Waals surface area (Å²) in [4.78, 5) is 8.72. The summed E-state index contributed by atoms with van der Waals surface area (Å²) in [5.41, 5.74) is 2.18. The average Bonchev–Trinajstić information content (AvgIpc) is 3.03. The molecule has 0 N–H and O–H groups in total. The van der Waals surface area contributed by atoms with Crippen molar-refractivity contribution in [2.24, 2.45) is 0 Å². The maximum absolute atomic E-state index is 9.05. The lowest BCUT2D eigenvalue weighted by atomic mass is 10.2. The molecule has 0 aliphatic carbocycles. The molecule has 0 amide bonds. The third-order valence-corrected chi connectivity index (χ3v) is 3.32. The molecule has 0 aliphatic heterocycles. The summed E-state index contributed by atoms with van der Waals surface area (Å²) < 4.78 is 7.06. The summed E-state index contributed by atoms with van der Waals surface area (Å²) in [6, 6.07) is 7.46. The van der Waals surface area contributed by atoms with Crippen LogP contribution >= 0.6 is 11.6 Å². The Bertz CT molecular complexity index is 843. The van der Waals surface area contributed by atoms with Crippen molar-refractivity contribution in [2.45, 2.75) is 25.8 Å². The number of aromatic nitrogens is 4. The number of hydrogen-bond acceptors (Lipinski definition) is 5. The summed E-state index contributed by atoms with van der Waals surface area (Å²) in [6.45, 7) is 3.99. The number of halogens is 1. The number of imidazole rings is 1. The molecule has 7 heteroatoms. The summed E-state index contributed by atoms with van der Waals surface area (Å²) in [6.07, 6.45) is 0. The molecular formula is C14H12ClN5O. The fourth-order valence-corrected chi connectivity index (χ4v) is 2.39. The van der Waals surface area contributed by atoms with Gasteiger partial charge in [-0.1, -0.05) is 5.16 Å². The molecule has 0 radical (unpaired) electrons. The minimum Gasteiger partial charge on any atom is -0.337 e. The molecule has 0 fully saturated rings. The predicted octanol–water partition coefficient (Wildman–Crippen LogP) is 2.95. The third kappa shape index (κ3) is 2.48. The molecule has 1 unspecified atom stereocenters. The van der Waals surface area contributed by atoms with Gasteiger partial charge in [0.2, 0.25) is 5.89 Å². The van der Waals surface area contributed by atoms with Crippen molar-refractivity contribution < 1.29 is 4.52 Å². The van der Waals surface area contributed by atoms with Crippen LogP contribution in [0.3, 0.4) is 0 Å². The van der Waals surface area contributed by atoms with Crippen molar-refractivity contribution in [3.63, 3.8) is 0 Å². The van der Waals surface area contributed by atoms with E-state index in [1.165, 1.54) is 0 Å². The van der Waals surface area contributed by atoms with E-state index >= 15 is 0 Å². The molecule has 0 aliphatic rings. The zero-order valence-corrected chi connectivity index (χ0v) is 12.3. The Kier molecular flexibility index (Phi) is 3.35. The van der Waals surface area contributed by atoms with E-state index < -0.39 is 0 Å². The zero-order valence-electron chi connectivity index (χ0n) is 11.5. The molecule has 6 nitrogen and oxygen atoms in total. The highest BCUT2D eigenvalue weighted by atomic mass is 35.5. The van der Waals surface area contributed by atoms with E-state index in [4.69, 9.17) is 21.4 Å². The number of rotatable bonds is 3. The molecule has 0 saturated carbocycles. The second-order valence-electron chi connectivity index (χ2n) is 4.72. The van der Waals surface area contributed by atoms with Gasteiger partial charge in [-0.15, -0.1) is 11.6 Å². The Morgan fingerprint density at radius 2 is 2.24 bits per heavy atom. The number of aryl methyl sites for hydroxylation is 1. The maximum atomic E-state index is 9.05. The van der Waals surface area contributed by atoms with Crippen molar-refractivity contribution in [3.8, 4) is 6.07 Å². The number of nitrogens with zero attached hydrogens (tertiary/aromatic N) is 5.